The number of nitrogens with one attached hydrogen (secondary N) is 2. The maximum atomic E-state index is 12.2. The van der Waals surface area contributed by atoms with E-state index in [1.54, 1.807) is 43.2 Å². The molecule has 7 nitrogen and oxygen atoms in total. The third kappa shape index (κ3) is 3.82. The van der Waals surface area contributed by atoms with E-state index in [4.69, 9.17) is 0 Å². The van der Waals surface area contributed by atoms with E-state index >= 15 is 0 Å². The van der Waals surface area contributed by atoms with Crippen molar-refractivity contribution >= 4 is 29.3 Å². The molecular weight excluding hydrogens is 290 g/mol. The smallest absolute Gasteiger partial charge is 0.274 e. The Morgan fingerprint density at radius 2 is 2.19 bits per heavy atom. The first-order valence-electron chi connectivity index (χ1n) is 6.18. The lowest BCUT2D eigenvalue weighted by Crippen LogP contribution is -2.20. The van der Waals surface area contributed by atoms with Crippen LogP contribution in [0.2, 0.25) is 0 Å². The first-order chi connectivity index (χ1) is 10.1. The van der Waals surface area contributed by atoms with Gasteiger partial charge in [-0.1, -0.05) is 11.8 Å². The Bertz CT molecular complexity index is 641. The van der Waals surface area contributed by atoms with Crippen molar-refractivity contribution < 1.29 is 9.59 Å². The summed E-state index contributed by atoms with van der Waals surface area (Å²) in [7, 11) is 3.31. The molecule has 2 aromatic heterocycles. The number of amides is 2. The monoisotopic (exact) mass is 305 g/mol. The molecule has 0 saturated heterocycles. The lowest BCUT2D eigenvalue weighted by Gasteiger charge is -2.06. The van der Waals surface area contributed by atoms with Gasteiger partial charge in [-0.3, -0.25) is 14.6 Å². The second-order valence-corrected chi connectivity index (χ2v) is 5.09. The van der Waals surface area contributed by atoms with Gasteiger partial charge >= 0.3 is 0 Å². The Morgan fingerprint density at radius 1 is 1.38 bits per heavy atom. The van der Waals surface area contributed by atoms with Gasteiger partial charge < -0.3 is 15.2 Å². The van der Waals surface area contributed by atoms with Crippen LogP contribution in [0.5, 0.6) is 0 Å². The summed E-state index contributed by atoms with van der Waals surface area (Å²) >= 11 is 1.27. The van der Waals surface area contributed by atoms with E-state index in [-0.39, 0.29) is 17.6 Å². The van der Waals surface area contributed by atoms with Gasteiger partial charge in [0.1, 0.15) is 5.69 Å². The Labute approximate surface area is 126 Å². The van der Waals surface area contributed by atoms with E-state index in [1.165, 1.54) is 18.0 Å². The fourth-order valence-electron chi connectivity index (χ4n) is 1.57. The molecule has 0 aliphatic heterocycles. The number of anilines is 1. The van der Waals surface area contributed by atoms with Crippen molar-refractivity contribution in [1.82, 2.24) is 19.9 Å². The number of rotatable bonds is 5. The zero-order valence-electron chi connectivity index (χ0n) is 11.7. The van der Waals surface area contributed by atoms with E-state index in [2.05, 4.69) is 20.6 Å². The van der Waals surface area contributed by atoms with Crippen LogP contribution in [0.3, 0.4) is 0 Å². The van der Waals surface area contributed by atoms with Crippen molar-refractivity contribution in [2.45, 2.75) is 5.16 Å². The number of carbonyl (C=O) groups excluding carboxylic acids is 2. The molecule has 21 heavy (non-hydrogen) atoms. The van der Waals surface area contributed by atoms with E-state index in [9.17, 15) is 9.59 Å². The summed E-state index contributed by atoms with van der Waals surface area (Å²) < 4.78 is 1.65. The van der Waals surface area contributed by atoms with Crippen LogP contribution in [0.4, 0.5) is 5.69 Å². The lowest BCUT2D eigenvalue weighted by atomic mass is 10.4. The van der Waals surface area contributed by atoms with Crippen LogP contribution in [0.1, 0.15) is 10.5 Å². The predicted octanol–water partition coefficient (Wildman–Crippen LogP) is 0.905. The zero-order chi connectivity index (χ0) is 15.2. The Balaban J connectivity index is 2.05. The van der Waals surface area contributed by atoms with Gasteiger partial charge in [-0.05, 0) is 12.1 Å². The average molecular weight is 305 g/mol. The van der Waals surface area contributed by atoms with Gasteiger partial charge in [0.2, 0.25) is 5.91 Å². The van der Waals surface area contributed by atoms with Gasteiger partial charge in [0, 0.05) is 20.3 Å². The molecule has 2 amide bonds. The fraction of sp³-hybridized carbons (Fsp3) is 0.231. The molecule has 2 rings (SSSR count). The summed E-state index contributed by atoms with van der Waals surface area (Å²) in [4.78, 5) is 31.5. The third-order valence-corrected chi connectivity index (χ3v) is 3.75. The molecule has 0 atom stereocenters. The van der Waals surface area contributed by atoms with Crippen LogP contribution in [-0.2, 0) is 11.8 Å². The molecule has 0 aliphatic carbocycles. The first-order valence-corrected chi connectivity index (χ1v) is 7.17. The number of nitrogens with zero attached hydrogens (tertiary/aromatic N) is 3. The normalized spacial score (nSPS) is 10.2. The topological polar surface area (TPSA) is 88.9 Å². The van der Waals surface area contributed by atoms with Crippen LogP contribution < -0.4 is 10.6 Å². The number of hydrogen-bond acceptors (Lipinski definition) is 5. The molecule has 0 radical (unpaired) electrons. The van der Waals surface area contributed by atoms with E-state index in [0.29, 0.717) is 16.5 Å². The Kier molecular flexibility index (Phi) is 4.94. The highest BCUT2D eigenvalue weighted by Gasteiger charge is 2.15. The summed E-state index contributed by atoms with van der Waals surface area (Å²) in [6.07, 6.45) is 4.68. The van der Waals surface area contributed by atoms with Crippen molar-refractivity contribution in [1.29, 1.82) is 0 Å². The lowest BCUT2D eigenvalue weighted by molar-refractivity contribution is -0.118. The third-order valence-electron chi connectivity index (χ3n) is 2.71. The fourth-order valence-corrected chi connectivity index (χ4v) is 2.40. The van der Waals surface area contributed by atoms with Gasteiger partial charge in [0.25, 0.3) is 5.91 Å². The number of imidazole rings is 1. The van der Waals surface area contributed by atoms with Gasteiger partial charge in [0.05, 0.1) is 23.8 Å². The molecule has 0 aliphatic rings. The highest BCUT2D eigenvalue weighted by atomic mass is 32.2. The zero-order valence-corrected chi connectivity index (χ0v) is 12.5. The van der Waals surface area contributed by atoms with Crippen molar-refractivity contribution in [2.24, 2.45) is 7.05 Å². The SMILES string of the molecule is CNC(=O)CSc1ncc(C(=O)Nc2cccnc2)n1C. The van der Waals surface area contributed by atoms with Crippen molar-refractivity contribution in [3.8, 4) is 0 Å². The molecule has 0 unspecified atom stereocenters. The maximum absolute atomic E-state index is 12.2. The summed E-state index contributed by atoms with van der Waals surface area (Å²) in [6.45, 7) is 0. The molecule has 0 aromatic carbocycles. The van der Waals surface area contributed by atoms with Gasteiger partial charge in [0.15, 0.2) is 5.16 Å². The number of thioether (sulfide) groups is 1. The van der Waals surface area contributed by atoms with Crippen LogP contribution >= 0.6 is 11.8 Å². The molecule has 0 saturated carbocycles. The van der Waals surface area contributed by atoms with E-state index in [0.717, 1.165) is 0 Å². The first kappa shape index (κ1) is 15.0. The molecule has 0 bridgehead atoms. The summed E-state index contributed by atoms with van der Waals surface area (Å²) in [6, 6.07) is 3.49. The van der Waals surface area contributed by atoms with Crippen LogP contribution in [0.25, 0.3) is 0 Å². The van der Waals surface area contributed by atoms with E-state index in [1.807, 2.05) is 0 Å². The molecule has 0 spiro atoms. The summed E-state index contributed by atoms with van der Waals surface area (Å²) in [5, 5.41) is 5.88. The molecule has 2 aromatic rings. The predicted molar refractivity (Wildman–Crippen MR) is 80.2 cm³/mol. The molecule has 110 valence electrons. The molecule has 2 N–H and O–H groups in total. The van der Waals surface area contributed by atoms with Crippen LogP contribution in [0, 0.1) is 0 Å². The molecular formula is C13H15N5O2S. The highest BCUT2D eigenvalue weighted by Crippen LogP contribution is 2.17. The molecule has 2 heterocycles. The highest BCUT2D eigenvalue weighted by molar-refractivity contribution is 7.99. The maximum Gasteiger partial charge on any atom is 0.274 e. The van der Waals surface area contributed by atoms with Crippen molar-refractivity contribution in [2.75, 3.05) is 18.1 Å². The van der Waals surface area contributed by atoms with Crippen LogP contribution in [0.15, 0.2) is 35.9 Å². The Morgan fingerprint density at radius 3 is 2.86 bits per heavy atom. The molecule has 0 fully saturated rings. The largest absolute Gasteiger partial charge is 0.358 e. The average Bonchev–Trinajstić information content (AvgIpc) is 2.87. The Hall–Kier alpha value is -2.35. The van der Waals surface area contributed by atoms with Crippen LogP contribution in [-0.4, -0.2) is 39.1 Å². The minimum atomic E-state index is -0.273. The number of carbonyl (C=O) groups is 2. The minimum absolute atomic E-state index is 0.0932. The standard InChI is InChI=1S/C13H15N5O2S/c1-14-11(19)8-21-13-16-7-10(18(13)2)12(20)17-9-4-3-5-15-6-9/h3-7H,8H2,1-2H3,(H,14,19)(H,17,20). The minimum Gasteiger partial charge on any atom is -0.358 e. The number of aromatic nitrogens is 3. The molecule has 8 heteroatoms. The van der Waals surface area contributed by atoms with E-state index < -0.39 is 0 Å². The second kappa shape index (κ2) is 6.89. The van der Waals surface area contributed by atoms with Gasteiger partial charge in [-0.15, -0.1) is 0 Å². The van der Waals surface area contributed by atoms with Gasteiger partial charge in [-0.2, -0.15) is 0 Å². The van der Waals surface area contributed by atoms with Crippen molar-refractivity contribution in [3.05, 3.63) is 36.4 Å². The van der Waals surface area contributed by atoms with Gasteiger partial charge in [-0.25, -0.2) is 4.98 Å². The quantitative estimate of drug-likeness (QED) is 0.801. The number of hydrogen-bond donors (Lipinski definition) is 2. The second-order valence-electron chi connectivity index (χ2n) is 4.14. The summed E-state index contributed by atoms with van der Waals surface area (Å²) in [5.41, 5.74) is 1.03. The number of pyridine rings is 1. The van der Waals surface area contributed by atoms with Crippen molar-refractivity contribution in [3.63, 3.8) is 0 Å². The summed E-state index contributed by atoms with van der Waals surface area (Å²) in [5.74, 6) is -0.112.